The minimum Gasteiger partial charge on any atom is -0.504 e. The van der Waals surface area contributed by atoms with Crippen molar-refractivity contribution in [3.8, 4) is 0 Å². The topological polar surface area (TPSA) is 56.1 Å². The van der Waals surface area contributed by atoms with Crippen molar-refractivity contribution >= 4 is 39.8 Å². The van der Waals surface area contributed by atoms with Crippen LogP contribution in [0.5, 0.6) is 0 Å². The number of hydrogen-bond donors (Lipinski definition) is 0. The molecule has 2 aliphatic heterocycles. The zero-order chi connectivity index (χ0) is 20.1. The first-order valence-electron chi connectivity index (χ1n) is 9.17. The van der Waals surface area contributed by atoms with Gasteiger partial charge in [-0.25, -0.2) is 0 Å². The maximum Gasteiger partial charge on any atom is 0.170 e. The van der Waals surface area contributed by atoms with Crippen molar-refractivity contribution in [1.29, 1.82) is 0 Å². The van der Waals surface area contributed by atoms with E-state index >= 15 is 0 Å². The van der Waals surface area contributed by atoms with E-state index in [1.54, 1.807) is 12.1 Å². The Morgan fingerprint density at radius 1 is 0.800 bits per heavy atom. The molecule has 0 atom stereocenters. The smallest absolute Gasteiger partial charge is 0.170 e. The van der Waals surface area contributed by atoms with Crippen molar-refractivity contribution in [3.05, 3.63) is 90.2 Å². The van der Waals surface area contributed by atoms with Gasteiger partial charge in [0.1, 0.15) is 0 Å². The number of non-ortho nitro benzene ring substituents is 1. The first-order valence-corrected chi connectivity index (χ1v) is 9.17. The van der Waals surface area contributed by atoms with Crippen molar-refractivity contribution < 1.29 is 24.7 Å². The van der Waals surface area contributed by atoms with Gasteiger partial charge in [-0.2, -0.15) is 13.3 Å². The summed E-state index contributed by atoms with van der Waals surface area (Å²) in [5.74, 6) is 0. The molecule has 0 fully saturated rings. The summed E-state index contributed by atoms with van der Waals surface area (Å²) in [6.07, 6.45) is 0. The second-order valence-electron chi connectivity index (χ2n) is 7.04. The van der Waals surface area contributed by atoms with Gasteiger partial charge in [0.15, 0.2) is 5.69 Å². The van der Waals surface area contributed by atoms with Crippen molar-refractivity contribution in [2.24, 2.45) is 0 Å². The maximum absolute atomic E-state index is 11.7. The molecule has 3 aromatic rings. The predicted molar refractivity (Wildman–Crippen MR) is 115 cm³/mol. The Labute approximate surface area is 188 Å². The fourth-order valence-corrected chi connectivity index (χ4v) is 3.80. The molecular formula is C22H18N5O2Os-3. The van der Waals surface area contributed by atoms with Crippen molar-refractivity contribution in [1.82, 2.24) is 0 Å². The molecular weight excluding hydrogens is 557 g/mol. The van der Waals surface area contributed by atoms with E-state index in [0.717, 1.165) is 22.7 Å². The SMILES string of the molecule is CN1[CH-]N(c2[c-]c(N3[CH-]N(C)c4ccccc43)cc([N+](=O)[O-])c2)c2ccccc21.[Os]. The summed E-state index contributed by atoms with van der Waals surface area (Å²) in [4.78, 5) is 19.1. The molecule has 7 nitrogen and oxygen atoms in total. The number of hydrogen-bond acceptors (Lipinski definition) is 6. The summed E-state index contributed by atoms with van der Waals surface area (Å²) in [5, 5.41) is 11.7. The van der Waals surface area contributed by atoms with E-state index in [1.165, 1.54) is 0 Å². The van der Waals surface area contributed by atoms with E-state index in [4.69, 9.17) is 0 Å². The Morgan fingerprint density at radius 2 is 1.20 bits per heavy atom. The summed E-state index contributed by atoms with van der Waals surface area (Å²) in [5.41, 5.74) is 5.24. The van der Waals surface area contributed by atoms with Gasteiger partial charge in [-0.15, -0.1) is 6.07 Å². The standard InChI is InChI=1S/C22H18N5O2.Os/c1-23-14-25(21-9-5-3-7-19(21)23)16-11-17(13-18(12-16)27(28)29)26-15-24(2)20-8-4-6-10-22(20)26;/h3-10,12-15H,1-2H3;/q-3;. The van der Waals surface area contributed by atoms with Crippen LogP contribution in [0.1, 0.15) is 0 Å². The maximum atomic E-state index is 11.7. The van der Waals surface area contributed by atoms with Crippen LogP contribution in [0.3, 0.4) is 0 Å². The molecule has 0 spiro atoms. The predicted octanol–water partition coefficient (Wildman–Crippen LogP) is 4.81. The molecule has 0 radical (unpaired) electrons. The summed E-state index contributed by atoms with van der Waals surface area (Å²) >= 11 is 0. The molecule has 2 heterocycles. The molecule has 0 saturated carbocycles. The molecule has 30 heavy (non-hydrogen) atoms. The van der Waals surface area contributed by atoms with Gasteiger partial charge in [-0.05, 0) is 38.4 Å². The number of para-hydroxylation sites is 4. The van der Waals surface area contributed by atoms with E-state index in [1.807, 2.05) is 95.6 Å². The van der Waals surface area contributed by atoms with Gasteiger partial charge in [-0.3, -0.25) is 10.1 Å². The Hall–Kier alpha value is -3.10. The van der Waals surface area contributed by atoms with Gasteiger partial charge in [0, 0.05) is 47.5 Å². The van der Waals surface area contributed by atoms with Crippen LogP contribution in [-0.4, -0.2) is 19.0 Å². The van der Waals surface area contributed by atoms with E-state index in [0.29, 0.717) is 11.4 Å². The van der Waals surface area contributed by atoms with Crippen molar-refractivity contribution in [2.45, 2.75) is 0 Å². The number of rotatable bonds is 3. The summed E-state index contributed by atoms with van der Waals surface area (Å²) < 4.78 is 0. The zero-order valence-electron chi connectivity index (χ0n) is 16.3. The van der Waals surface area contributed by atoms with E-state index in [-0.39, 0.29) is 30.4 Å². The largest absolute Gasteiger partial charge is 0.504 e. The number of nitro groups is 1. The third-order valence-corrected chi connectivity index (χ3v) is 5.18. The first kappa shape index (κ1) is 20.2. The molecule has 5 rings (SSSR count). The minimum absolute atomic E-state index is 0. The van der Waals surface area contributed by atoms with Crippen LogP contribution < -0.4 is 19.6 Å². The summed E-state index contributed by atoms with van der Waals surface area (Å²) in [6, 6.07) is 22.4. The third kappa shape index (κ3) is 3.18. The van der Waals surface area contributed by atoms with Crippen LogP contribution in [0.4, 0.5) is 39.8 Å². The number of nitrogens with zero attached hydrogens (tertiary/aromatic N) is 5. The number of anilines is 6. The second-order valence-corrected chi connectivity index (χ2v) is 7.04. The van der Waals surface area contributed by atoms with Crippen molar-refractivity contribution in [2.75, 3.05) is 33.7 Å². The molecule has 3 aromatic carbocycles. The number of nitro benzene ring substituents is 1. The first-order chi connectivity index (χ1) is 14.0. The van der Waals surface area contributed by atoms with E-state index in [2.05, 4.69) is 6.07 Å². The summed E-state index contributed by atoms with van der Waals surface area (Å²) in [6.45, 7) is 3.83. The molecule has 0 aliphatic carbocycles. The fraction of sp³-hybridized carbons (Fsp3) is 0.0909. The monoisotopic (exact) mass is 576 g/mol. The molecule has 0 aromatic heterocycles. The van der Waals surface area contributed by atoms with E-state index < -0.39 is 0 Å². The van der Waals surface area contributed by atoms with Gasteiger partial charge in [0.05, 0.1) is 0 Å². The minimum atomic E-state index is -0.363. The molecule has 0 N–H and O–H groups in total. The summed E-state index contributed by atoms with van der Waals surface area (Å²) in [7, 11) is 3.91. The molecule has 0 amide bonds. The molecule has 2 aliphatic rings. The van der Waals surface area contributed by atoms with Crippen molar-refractivity contribution in [3.63, 3.8) is 0 Å². The number of fused-ring (bicyclic) bond motifs is 2. The van der Waals surface area contributed by atoms with Gasteiger partial charge < -0.3 is 19.6 Å². The van der Waals surface area contributed by atoms with E-state index in [9.17, 15) is 10.1 Å². The van der Waals surface area contributed by atoms with Crippen LogP contribution >= 0.6 is 0 Å². The Bertz CT molecular complexity index is 1040. The average Bonchev–Trinajstić information content (AvgIpc) is 3.26. The van der Waals surface area contributed by atoms with Gasteiger partial charge in [-0.1, -0.05) is 47.8 Å². The van der Waals surface area contributed by atoms with Gasteiger partial charge in [0.2, 0.25) is 0 Å². The van der Waals surface area contributed by atoms with Crippen LogP contribution in [0.15, 0.2) is 60.7 Å². The second kappa shape index (κ2) is 7.62. The average molecular weight is 575 g/mol. The molecule has 0 unspecified atom stereocenters. The van der Waals surface area contributed by atoms with Crippen LogP contribution in [0, 0.1) is 29.5 Å². The third-order valence-electron chi connectivity index (χ3n) is 5.18. The Morgan fingerprint density at radius 3 is 1.60 bits per heavy atom. The molecule has 0 saturated heterocycles. The van der Waals surface area contributed by atoms with Crippen LogP contribution in [-0.2, 0) is 19.8 Å². The normalized spacial score (nSPS) is 14.5. The quantitative estimate of drug-likeness (QED) is 0.254. The molecule has 154 valence electrons. The molecule has 0 bridgehead atoms. The number of benzene rings is 3. The zero-order valence-corrected chi connectivity index (χ0v) is 18.9. The van der Waals surface area contributed by atoms with Gasteiger partial charge >= 0.3 is 0 Å². The van der Waals surface area contributed by atoms with Crippen LogP contribution in [0.2, 0.25) is 0 Å². The van der Waals surface area contributed by atoms with Crippen LogP contribution in [0.25, 0.3) is 0 Å². The Balaban J connectivity index is 0.00000218. The molecule has 8 heteroatoms. The fourth-order valence-electron chi connectivity index (χ4n) is 3.80. The Kier molecular flexibility index (Phi) is 5.13. The van der Waals surface area contributed by atoms with Gasteiger partial charge in [0.25, 0.3) is 0 Å².